The summed E-state index contributed by atoms with van der Waals surface area (Å²) in [5.74, 6) is 0. The van der Waals surface area contributed by atoms with Gasteiger partial charge in [0.25, 0.3) is 5.69 Å². The van der Waals surface area contributed by atoms with Crippen LogP contribution >= 0.6 is 11.8 Å². The first-order chi connectivity index (χ1) is 9.58. The fourth-order valence-corrected chi connectivity index (χ4v) is 2.93. The van der Waals surface area contributed by atoms with E-state index in [1.807, 2.05) is 37.3 Å². The van der Waals surface area contributed by atoms with Crippen molar-refractivity contribution in [1.82, 2.24) is 0 Å². The van der Waals surface area contributed by atoms with Crippen LogP contribution < -0.4 is 10.4 Å². The Hall–Kier alpha value is -2.07. The van der Waals surface area contributed by atoms with Crippen molar-refractivity contribution in [3.05, 3.63) is 69.1 Å². The number of nitrogens with zero attached hydrogens (tertiary/aromatic N) is 1. The molecule has 1 unspecified atom stereocenters. The molecule has 0 bridgehead atoms. The van der Waals surface area contributed by atoms with Gasteiger partial charge in [0.2, 0.25) is 0 Å². The fraction of sp³-hybridized carbons (Fsp3) is 0.125. The summed E-state index contributed by atoms with van der Waals surface area (Å²) in [5, 5.41) is 13.1. The Morgan fingerprint density at radius 3 is 2.55 bits per heavy atom. The molecule has 0 amide bonds. The van der Waals surface area contributed by atoms with E-state index in [4.69, 9.17) is 0 Å². The first kappa shape index (κ1) is 14.3. The summed E-state index contributed by atoms with van der Waals surface area (Å²) in [5.41, 5.74) is 0.153. The molecule has 2 rings (SSSR count). The molecule has 3 nitrogen and oxygen atoms in total. The van der Waals surface area contributed by atoms with E-state index in [2.05, 4.69) is 12.7 Å². The van der Waals surface area contributed by atoms with Gasteiger partial charge in [-0.25, -0.2) is 0 Å². The molecule has 0 aromatic heterocycles. The van der Waals surface area contributed by atoms with E-state index in [0.717, 1.165) is 10.4 Å². The number of nitro groups is 1. The Balaban J connectivity index is 2.28. The van der Waals surface area contributed by atoms with Crippen LogP contribution in [0.15, 0.2) is 53.4 Å². The molecule has 0 heterocycles. The number of nitro benzene ring substituents is 1. The number of para-hydroxylation sites is 1. The number of hydrogen-bond acceptors (Lipinski definition) is 3. The highest BCUT2D eigenvalue weighted by molar-refractivity contribution is 8.00. The molecule has 1 atom stereocenters. The zero-order valence-electron chi connectivity index (χ0n) is 11.2. The van der Waals surface area contributed by atoms with Gasteiger partial charge in [0.1, 0.15) is 0 Å². The molecule has 0 spiro atoms. The molecule has 0 fully saturated rings. The number of hydrogen-bond donors (Lipinski definition) is 0. The van der Waals surface area contributed by atoms with Gasteiger partial charge < -0.3 is 0 Å². The summed E-state index contributed by atoms with van der Waals surface area (Å²) in [7, 11) is 0. The minimum atomic E-state index is -0.343. The minimum Gasteiger partial charge on any atom is -0.258 e. The Morgan fingerprint density at radius 2 is 1.85 bits per heavy atom. The van der Waals surface area contributed by atoms with Gasteiger partial charge in [-0.3, -0.25) is 10.1 Å². The van der Waals surface area contributed by atoms with Crippen LogP contribution in [-0.2, 0) is 0 Å². The summed E-state index contributed by atoms with van der Waals surface area (Å²) >= 11 is 1.48. The van der Waals surface area contributed by atoms with Gasteiger partial charge in [-0.05, 0) is 23.4 Å². The lowest BCUT2D eigenvalue weighted by atomic mass is 10.2. The van der Waals surface area contributed by atoms with Crippen molar-refractivity contribution in [3.63, 3.8) is 0 Å². The summed E-state index contributed by atoms with van der Waals surface area (Å²) < 4.78 is 0. The third-order valence-corrected chi connectivity index (χ3v) is 3.95. The third-order valence-electron chi connectivity index (χ3n) is 2.84. The average molecular weight is 285 g/mol. The highest BCUT2D eigenvalue weighted by Gasteiger charge is 2.14. The normalized spacial score (nSPS) is 13.2. The molecule has 4 heteroatoms. The lowest BCUT2D eigenvalue weighted by molar-refractivity contribution is -0.387. The van der Waals surface area contributed by atoms with Crippen LogP contribution in [0, 0.1) is 10.1 Å². The molecule has 0 N–H and O–H groups in total. The molecular weight excluding hydrogens is 270 g/mol. The molecule has 102 valence electrons. The summed E-state index contributed by atoms with van der Waals surface area (Å²) in [6.07, 6.45) is 2.07. The summed E-state index contributed by atoms with van der Waals surface area (Å²) in [4.78, 5) is 11.3. The quantitative estimate of drug-likeness (QED) is 0.493. The molecule has 0 saturated heterocycles. The summed E-state index contributed by atoms with van der Waals surface area (Å²) in [6, 6.07) is 14.7. The van der Waals surface area contributed by atoms with Crippen LogP contribution in [0.2, 0.25) is 0 Å². The van der Waals surface area contributed by atoms with Crippen LogP contribution in [-0.4, -0.2) is 10.2 Å². The second-order valence-corrected chi connectivity index (χ2v) is 5.83. The number of benzene rings is 2. The van der Waals surface area contributed by atoms with Crippen molar-refractivity contribution in [2.45, 2.75) is 17.1 Å². The van der Waals surface area contributed by atoms with E-state index >= 15 is 0 Å². The Labute approximate surface area is 121 Å². The second kappa shape index (κ2) is 6.39. The number of rotatable bonds is 4. The molecule has 20 heavy (non-hydrogen) atoms. The maximum atomic E-state index is 11.0. The van der Waals surface area contributed by atoms with Crippen molar-refractivity contribution < 1.29 is 4.92 Å². The van der Waals surface area contributed by atoms with Gasteiger partial charge in [-0.1, -0.05) is 49.1 Å². The smallest absolute Gasteiger partial charge is 0.258 e. The molecule has 0 saturated carbocycles. The van der Waals surface area contributed by atoms with Crippen molar-refractivity contribution >= 4 is 30.1 Å². The van der Waals surface area contributed by atoms with Gasteiger partial charge >= 0.3 is 0 Å². The van der Waals surface area contributed by atoms with Gasteiger partial charge in [-0.2, -0.15) is 0 Å². The summed E-state index contributed by atoms with van der Waals surface area (Å²) in [6.45, 7) is 6.00. The van der Waals surface area contributed by atoms with E-state index in [9.17, 15) is 10.1 Å². The Kier molecular flexibility index (Phi) is 4.58. The van der Waals surface area contributed by atoms with Gasteiger partial charge in [0.15, 0.2) is 0 Å². The zero-order chi connectivity index (χ0) is 14.5. The highest BCUT2D eigenvalue weighted by Crippen LogP contribution is 2.32. The second-order valence-electron chi connectivity index (χ2n) is 4.41. The van der Waals surface area contributed by atoms with E-state index in [0.29, 0.717) is 4.90 Å². The van der Waals surface area contributed by atoms with Gasteiger partial charge in [0, 0.05) is 11.3 Å². The molecule has 2 aromatic rings. The van der Waals surface area contributed by atoms with Crippen LogP contribution in [0.1, 0.15) is 6.92 Å². The molecule has 0 aliphatic rings. The monoisotopic (exact) mass is 285 g/mol. The number of thioether (sulfide) groups is 1. The van der Waals surface area contributed by atoms with Gasteiger partial charge in [-0.15, -0.1) is 11.8 Å². The van der Waals surface area contributed by atoms with Crippen LogP contribution in [0.25, 0.3) is 12.7 Å². The van der Waals surface area contributed by atoms with E-state index in [1.165, 1.54) is 17.8 Å². The third kappa shape index (κ3) is 3.48. The lowest BCUT2D eigenvalue weighted by Crippen LogP contribution is -2.23. The van der Waals surface area contributed by atoms with Crippen LogP contribution in [0.5, 0.6) is 0 Å². The Bertz CT molecular complexity index is 727. The maximum absolute atomic E-state index is 11.0. The topological polar surface area (TPSA) is 43.1 Å². The first-order valence-electron chi connectivity index (χ1n) is 6.24. The first-order valence-corrected chi connectivity index (χ1v) is 7.12. The van der Waals surface area contributed by atoms with Crippen molar-refractivity contribution in [1.29, 1.82) is 0 Å². The van der Waals surface area contributed by atoms with Gasteiger partial charge in [0.05, 0.1) is 9.82 Å². The average Bonchev–Trinajstić information content (AvgIpc) is 2.41. The predicted octanol–water partition coefficient (Wildman–Crippen LogP) is 2.97. The van der Waals surface area contributed by atoms with Crippen LogP contribution in [0.3, 0.4) is 0 Å². The fourth-order valence-electron chi connectivity index (χ4n) is 1.89. The largest absolute Gasteiger partial charge is 0.282 e. The molecular formula is C16H15NO2S. The molecule has 0 radical (unpaired) electrons. The van der Waals surface area contributed by atoms with Crippen LogP contribution in [0.4, 0.5) is 5.69 Å². The standard InChI is InChI=1S/C16H15NO2S/c1-12-7-3-4-8-14(12)11-13(2)20-16-10-6-5-9-15(16)17(18)19/h3-11,13H,1H2,2H3/b14-11+. The molecule has 0 aliphatic carbocycles. The maximum Gasteiger partial charge on any atom is 0.282 e. The molecule has 0 aliphatic heterocycles. The van der Waals surface area contributed by atoms with Crippen molar-refractivity contribution in [3.8, 4) is 0 Å². The van der Waals surface area contributed by atoms with E-state index in [-0.39, 0.29) is 15.9 Å². The lowest BCUT2D eigenvalue weighted by Gasteiger charge is -2.06. The SMILES string of the molecule is C=c1cccc/c1=C\C(C)Sc1ccccc1[N+](=O)[O-]. The van der Waals surface area contributed by atoms with Crippen molar-refractivity contribution in [2.75, 3.05) is 0 Å². The zero-order valence-corrected chi connectivity index (χ0v) is 12.0. The molecule has 2 aromatic carbocycles. The predicted molar refractivity (Wildman–Crippen MR) is 84.1 cm³/mol. The van der Waals surface area contributed by atoms with Crippen molar-refractivity contribution in [2.24, 2.45) is 0 Å². The minimum absolute atomic E-state index is 0.124. The highest BCUT2D eigenvalue weighted by atomic mass is 32.2. The Morgan fingerprint density at radius 1 is 1.20 bits per heavy atom. The van der Waals surface area contributed by atoms with E-state index in [1.54, 1.807) is 12.1 Å². The van der Waals surface area contributed by atoms with E-state index < -0.39 is 0 Å².